The molecule has 3 aromatic carbocycles. The number of benzene rings is 3. The first kappa shape index (κ1) is 20.8. The average Bonchev–Trinajstić information content (AvgIpc) is 3.04. The van der Waals surface area contributed by atoms with Crippen LogP contribution in [0.25, 0.3) is 5.57 Å². The van der Waals surface area contributed by atoms with Gasteiger partial charge in [-0.3, -0.25) is 14.5 Å². The van der Waals surface area contributed by atoms with Crippen molar-refractivity contribution in [2.24, 2.45) is 0 Å². The molecular weight excluding hydrogens is 410 g/mol. The number of ether oxygens (including phenoxy) is 2. The van der Waals surface area contributed by atoms with E-state index in [2.05, 4.69) is 0 Å². The van der Waals surface area contributed by atoms with E-state index in [1.165, 1.54) is 16.7 Å². The second kappa shape index (κ2) is 9.10. The summed E-state index contributed by atoms with van der Waals surface area (Å²) in [6.07, 6.45) is 0. The SMILES string of the molecule is COc1ccc(CN2C(=O)C(Sc3ccccc3)=C(c3ccc(OC)cc3)C2=O)cc1. The summed E-state index contributed by atoms with van der Waals surface area (Å²) in [5, 5.41) is 0. The fraction of sp³-hybridized carbons (Fsp3) is 0.120. The zero-order valence-corrected chi connectivity index (χ0v) is 18.0. The van der Waals surface area contributed by atoms with Crippen LogP contribution < -0.4 is 9.47 Å². The Hall–Kier alpha value is -3.51. The lowest BCUT2D eigenvalue weighted by Gasteiger charge is -2.15. The van der Waals surface area contributed by atoms with Crippen LogP contribution >= 0.6 is 11.8 Å². The molecule has 1 heterocycles. The maximum Gasteiger partial charge on any atom is 0.268 e. The van der Waals surface area contributed by atoms with E-state index in [1.54, 1.807) is 26.4 Å². The largest absolute Gasteiger partial charge is 0.497 e. The van der Waals surface area contributed by atoms with Gasteiger partial charge < -0.3 is 9.47 Å². The molecule has 0 bridgehead atoms. The van der Waals surface area contributed by atoms with Crippen LogP contribution in [0.2, 0.25) is 0 Å². The Kier molecular flexibility index (Phi) is 6.09. The van der Waals surface area contributed by atoms with E-state index < -0.39 is 0 Å². The first-order chi connectivity index (χ1) is 15.1. The number of imide groups is 1. The molecule has 4 rings (SSSR count). The van der Waals surface area contributed by atoms with Crippen molar-refractivity contribution in [3.05, 3.63) is 94.9 Å². The Morgan fingerprint density at radius 3 is 1.90 bits per heavy atom. The standard InChI is InChI=1S/C25H21NO4S/c1-29-19-12-8-17(9-13-19)16-26-24(27)22(18-10-14-20(30-2)15-11-18)23(25(26)28)31-21-6-4-3-5-7-21/h3-15H,16H2,1-2H3. The predicted molar refractivity (Wildman–Crippen MR) is 121 cm³/mol. The maximum absolute atomic E-state index is 13.4. The number of hydrogen-bond acceptors (Lipinski definition) is 5. The van der Waals surface area contributed by atoms with Crippen LogP contribution in [0.5, 0.6) is 11.5 Å². The number of nitrogens with zero attached hydrogens (tertiary/aromatic N) is 1. The molecule has 1 aliphatic heterocycles. The molecule has 3 aromatic rings. The topological polar surface area (TPSA) is 55.8 Å². The molecule has 156 valence electrons. The Morgan fingerprint density at radius 2 is 1.32 bits per heavy atom. The summed E-state index contributed by atoms with van der Waals surface area (Å²) in [5.41, 5.74) is 1.95. The molecule has 0 atom stereocenters. The van der Waals surface area contributed by atoms with Gasteiger partial charge >= 0.3 is 0 Å². The molecule has 31 heavy (non-hydrogen) atoms. The number of rotatable bonds is 7. The summed E-state index contributed by atoms with van der Waals surface area (Å²) in [4.78, 5) is 29.3. The molecule has 0 fully saturated rings. The van der Waals surface area contributed by atoms with Crippen molar-refractivity contribution in [2.75, 3.05) is 14.2 Å². The Labute approximate surface area is 185 Å². The summed E-state index contributed by atoms with van der Waals surface area (Å²) >= 11 is 1.31. The smallest absolute Gasteiger partial charge is 0.268 e. The van der Waals surface area contributed by atoms with E-state index in [4.69, 9.17) is 9.47 Å². The molecule has 6 heteroatoms. The number of carbonyl (C=O) groups is 2. The third kappa shape index (κ3) is 4.34. The van der Waals surface area contributed by atoms with Crippen molar-refractivity contribution < 1.29 is 19.1 Å². The first-order valence-electron chi connectivity index (χ1n) is 9.71. The summed E-state index contributed by atoms with van der Waals surface area (Å²) < 4.78 is 10.4. The second-order valence-corrected chi connectivity index (χ2v) is 7.98. The fourth-order valence-corrected chi connectivity index (χ4v) is 4.36. The fourth-order valence-electron chi connectivity index (χ4n) is 3.32. The molecular formula is C25H21NO4S. The molecule has 1 aliphatic rings. The maximum atomic E-state index is 13.4. The number of amides is 2. The summed E-state index contributed by atoms with van der Waals surface area (Å²) in [5.74, 6) is 0.818. The Balaban J connectivity index is 1.70. The van der Waals surface area contributed by atoms with E-state index in [0.717, 1.165) is 16.2 Å². The van der Waals surface area contributed by atoms with Crippen LogP contribution in [0.3, 0.4) is 0 Å². The van der Waals surface area contributed by atoms with Crippen LogP contribution in [0, 0.1) is 0 Å². The van der Waals surface area contributed by atoms with Crippen molar-refractivity contribution >= 4 is 29.1 Å². The van der Waals surface area contributed by atoms with E-state index in [1.807, 2.05) is 66.7 Å². The molecule has 0 radical (unpaired) electrons. The molecule has 0 aromatic heterocycles. The lowest BCUT2D eigenvalue weighted by Crippen LogP contribution is -2.30. The van der Waals surface area contributed by atoms with E-state index in [0.29, 0.717) is 21.8 Å². The van der Waals surface area contributed by atoms with E-state index >= 15 is 0 Å². The van der Waals surface area contributed by atoms with Gasteiger partial charge in [0.05, 0.1) is 31.2 Å². The molecule has 0 saturated heterocycles. The van der Waals surface area contributed by atoms with Crippen LogP contribution in [-0.2, 0) is 16.1 Å². The highest BCUT2D eigenvalue weighted by Crippen LogP contribution is 2.40. The van der Waals surface area contributed by atoms with Gasteiger partial charge in [0.2, 0.25) is 0 Å². The molecule has 2 amide bonds. The van der Waals surface area contributed by atoms with Gasteiger partial charge in [-0.2, -0.15) is 0 Å². The highest BCUT2D eigenvalue weighted by Gasteiger charge is 2.39. The van der Waals surface area contributed by atoms with Crippen LogP contribution in [-0.4, -0.2) is 30.9 Å². The third-order valence-corrected chi connectivity index (χ3v) is 6.06. The molecule has 0 saturated carbocycles. The minimum Gasteiger partial charge on any atom is -0.497 e. The van der Waals surface area contributed by atoms with Gasteiger partial charge in [0, 0.05) is 4.90 Å². The Bertz CT molecular complexity index is 1120. The van der Waals surface area contributed by atoms with Gasteiger partial charge in [0.1, 0.15) is 11.5 Å². The van der Waals surface area contributed by atoms with Gasteiger partial charge in [0.15, 0.2) is 0 Å². The van der Waals surface area contributed by atoms with Gasteiger partial charge in [-0.15, -0.1) is 0 Å². The summed E-state index contributed by atoms with van der Waals surface area (Å²) in [6.45, 7) is 0.195. The quantitative estimate of drug-likeness (QED) is 0.504. The number of methoxy groups -OCH3 is 2. The van der Waals surface area contributed by atoms with Crippen LogP contribution in [0.15, 0.2) is 88.7 Å². The molecule has 0 N–H and O–H groups in total. The van der Waals surface area contributed by atoms with Crippen molar-refractivity contribution in [3.8, 4) is 11.5 Å². The highest BCUT2D eigenvalue weighted by molar-refractivity contribution is 8.04. The monoisotopic (exact) mass is 431 g/mol. The van der Waals surface area contributed by atoms with Gasteiger partial charge in [-0.25, -0.2) is 0 Å². The van der Waals surface area contributed by atoms with Crippen molar-refractivity contribution in [2.45, 2.75) is 11.4 Å². The van der Waals surface area contributed by atoms with Gasteiger partial charge in [-0.05, 0) is 47.5 Å². The van der Waals surface area contributed by atoms with Crippen molar-refractivity contribution in [3.63, 3.8) is 0 Å². The minimum absolute atomic E-state index is 0.195. The van der Waals surface area contributed by atoms with Gasteiger partial charge in [-0.1, -0.05) is 54.2 Å². The number of carbonyl (C=O) groups excluding carboxylic acids is 2. The third-order valence-electron chi connectivity index (χ3n) is 4.97. The second-order valence-electron chi connectivity index (χ2n) is 6.89. The summed E-state index contributed by atoms with van der Waals surface area (Å²) in [7, 11) is 3.19. The van der Waals surface area contributed by atoms with Crippen LogP contribution in [0.4, 0.5) is 0 Å². The molecule has 5 nitrogen and oxygen atoms in total. The lowest BCUT2D eigenvalue weighted by atomic mass is 10.1. The minimum atomic E-state index is -0.301. The molecule has 0 aliphatic carbocycles. The van der Waals surface area contributed by atoms with E-state index in [-0.39, 0.29) is 18.4 Å². The zero-order valence-electron chi connectivity index (χ0n) is 17.2. The van der Waals surface area contributed by atoms with Gasteiger partial charge in [0.25, 0.3) is 11.8 Å². The van der Waals surface area contributed by atoms with Crippen molar-refractivity contribution in [1.82, 2.24) is 4.90 Å². The first-order valence-corrected chi connectivity index (χ1v) is 10.5. The lowest BCUT2D eigenvalue weighted by molar-refractivity contribution is -0.137. The van der Waals surface area contributed by atoms with E-state index in [9.17, 15) is 9.59 Å². The molecule has 0 unspecified atom stereocenters. The van der Waals surface area contributed by atoms with Crippen LogP contribution in [0.1, 0.15) is 11.1 Å². The normalized spacial score (nSPS) is 13.7. The van der Waals surface area contributed by atoms with Crippen molar-refractivity contribution in [1.29, 1.82) is 0 Å². The average molecular weight is 432 g/mol. The number of hydrogen-bond donors (Lipinski definition) is 0. The highest BCUT2D eigenvalue weighted by atomic mass is 32.2. The zero-order chi connectivity index (χ0) is 21.8. The number of thioether (sulfide) groups is 1. The predicted octanol–water partition coefficient (Wildman–Crippen LogP) is 4.78. The molecule has 0 spiro atoms. The summed E-state index contributed by atoms with van der Waals surface area (Å²) in [6, 6.07) is 24.1. The Morgan fingerprint density at radius 1 is 0.742 bits per heavy atom.